The Kier molecular flexibility index (Phi) is 3.31. The second-order valence-corrected chi connectivity index (χ2v) is 3.28. The number of nitrogens with zero attached hydrogens (tertiary/aromatic N) is 1. The molecule has 1 saturated heterocycles. The number of imide groups is 1. The molecule has 4 nitrogen and oxygen atoms in total. The van der Waals surface area contributed by atoms with Crippen LogP contribution in [-0.4, -0.2) is 35.8 Å². The van der Waals surface area contributed by atoms with E-state index in [2.05, 4.69) is 11.9 Å². The number of carbonyl (C=O) groups excluding carboxylic acids is 2. The summed E-state index contributed by atoms with van der Waals surface area (Å²) < 4.78 is 0. The van der Waals surface area contributed by atoms with Crippen LogP contribution in [0.5, 0.6) is 0 Å². The maximum atomic E-state index is 11.2. The summed E-state index contributed by atoms with van der Waals surface area (Å²) in [6.07, 6.45) is 0.169. The number of alkyl halides is 1. The first-order chi connectivity index (χ1) is 6.13. The first kappa shape index (κ1) is 10.1. The minimum atomic E-state index is -0.359. The van der Waals surface area contributed by atoms with Crippen LogP contribution in [0.2, 0.25) is 0 Å². The summed E-state index contributed by atoms with van der Waals surface area (Å²) >= 11 is 5.33. The summed E-state index contributed by atoms with van der Waals surface area (Å²) in [6, 6.07) is -0.359. The normalized spacial score (nSPS) is 15.2. The van der Waals surface area contributed by atoms with Gasteiger partial charge in [0, 0.05) is 25.4 Å². The Labute approximate surface area is 81.5 Å². The maximum Gasteiger partial charge on any atom is 0.324 e. The highest BCUT2D eigenvalue weighted by molar-refractivity contribution is 6.19. The Morgan fingerprint density at radius 3 is 2.62 bits per heavy atom. The molecule has 1 rings (SSSR count). The molecule has 72 valence electrons. The fourth-order valence-corrected chi connectivity index (χ4v) is 1.16. The lowest BCUT2D eigenvalue weighted by atomic mass is 10.1. The quantitative estimate of drug-likeness (QED) is 0.530. The predicted octanol–water partition coefficient (Wildman–Crippen LogP) is 0.723. The molecule has 13 heavy (non-hydrogen) atoms. The lowest BCUT2D eigenvalue weighted by Crippen LogP contribution is -2.50. The van der Waals surface area contributed by atoms with Gasteiger partial charge in [-0.1, -0.05) is 6.58 Å². The Balaban J connectivity index is 2.25. The minimum absolute atomic E-state index is 0.169. The second-order valence-electron chi connectivity index (χ2n) is 2.90. The molecule has 0 radical (unpaired) electrons. The van der Waals surface area contributed by atoms with Gasteiger partial charge in [-0.3, -0.25) is 10.1 Å². The molecule has 5 heteroatoms. The molecule has 1 N–H and O–H groups in total. The Morgan fingerprint density at radius 2 is 2.15 bits per heavy atom. The molecule has 0 spiro atoms. The lowest BCUT2D eigenvalue weighted by Gasteiger charge is -2.32. The van der Waals surface area contributed by atoms with Gasteiger partial charge < -0.3 is 4.90 Å². The number of rotatable bonds is 2. The number of likely N-dealkylation sites (tertiary alicyclic amines) is 1. The van der Waals surface area contributed by atoms with Crippen LogP contribution in [0.15, 0.2) is 12.2 Å². The number of nitrogens with one attached hydrogen (secondary N) is 1. The number of hydrogen-bond acceptors (Lipinski definition) is 2. The smallest absolute Gasteiger partial charge is 0.316 e. The van der Waals surface area contributed by atoms with Crippen molar-refractivity contribution in [1.29, 1.82) is 0 Å². The standard InChI is InChI=1S/C8H11ClN2O2/c1-6-4-11(5-6)8(13)10-7(12)2-3-9/h1-5H2,(H,10,12,13). The first-order valence-corrected chi connectivity index (χ1v) is 4.48. The van der Waals surface area contributed by atoms with Crippen LogP contribution in [0.3, 0.4) is 0 Å². The van der Waals surface area contributed by atoms with Crippen molar-refractivity contribution in [2.24, 2.45) is 0 Å². The zero-order chi connectivity index (χ0) is 9.84. The summed E-state index contributed by atoms with van der Waals surface area (Å²) in [5, 5.41) is 2.23. The van der Waals surface area contributed by atoms with Crippen LogP contribution in [0.1, 0.15) is 6.42 Å². The van der Waals surface area contributed by atoms with Gasteiger partial charge in [-0.05, 0) is 5.57 Å². The fourth-order valence-electron chi connectivity index (χ4n) is 0.984. The van der Waals surface area contributed by atoms with Gasteiger partial charge in [-0.25, -0.2) is 4.79 Å². The van der Waals surface area contributed by atoms with E-state index in [0.29, 0.717) is 13.1 Å². The van der Waals surface area contributed by atoms with Crippen molar-refractivity contribution in [3.05, 3.63) is 12.2 Å². The van der Waals surface area contributed by atoms with E-state index in [-0.39, 0.29) is 24.2 Å². The third kappa shape index (κ3) is 2.73. The lowest BCUT2D eigenvalue weighted by molar-refractivity contribution is -0.119. The zero-order valence-electron chi connectivity index (χ0n) is 7.18. The van der Waals surface area contributed by atoms with E-state index in [1.54, 1.807) is 0 Å². The average molecular weight is 203 g/mol. The molecular formula is C8H11ClN2O2. The summed E-state index contributed by atoms with van der Waals surface area (Å²) in [5.41, 5.74) is 1.000. The summed E-state index contributed by atoms with van der Waals surface area (Å²) in [4.78, 5) is 23.6. The molecule has 0 aromatic heterocycles. The van der Waals surface area contributed by atoms with E-state index >= 15 is 0 Å². The van der Waals surface area contributed by atoms with E-state index in [9.17, 15) is 9.59 Å². The van der Waals surface area contributed by atoms with Gasteiger partial charge in [0.2, 0.25) is 5.91 Å². The van der Waals surface area contributed by atoms with Crippen molar-refractivity contribution in [1.82, 2.24) is 10.2 Å². The van der Waals surface area contributed by atoms with Gasteiger partial charge in [-0.15, -0.1) is 11.6 Å². The minimum Gasteiger partial charge on any atom is -0.316 e. The van der Waals surface area contributed by atoms with Crippen LogP contribution >= 0.6 is 11.6 Å². The summed E-state index contributed by atoms with van der Waals surface area (Å²) in [6.45, 7) is 4.76. The van der Waals surface area contributed by atoms with Crippen molar-refractivity contribution in [3.8, 4) is 0 Å². The number of hydrogen-bond donors (Lipinski definition) is 1. The van der Waals surface area contributed by atoms with Crippen molar-refractivity contribution in [3.63, 3.8) is 0 Å². The van der Waals surface area contributed by atoms with Crippen LogP contribution in [-0.2, 0) is 4.79 Å². The number of carbonyl (C=O) groups is 2. The first-order valence-electron chi connectivity index (χ1n) is 3.95. The van der Waals surface area contributed by atoms with Gasteiger partial charge >= 0.3 is 6.03 Å². The Hall–Kier alpha value is -1.03. The third-order valence-electron chi connectivity index (χ3n) is 1.68. The van der Waals surface area contributed by atoms with E-state index in [1.807, 2.05) is 0 Å². The molecule has 1 fully saturated rings. The van der Waals surface area contributed by atoms with Gasteiger partial charge in [-0.2, -0.15) is 0 Å². The van der Waals surface area contributed by atoms with E-state index in [0.717, 1.165) is 5.57 Å². The summed E-state index contributed by atoms with van der Waals surface area (Å²) in [5.74, 6) is -0.108. The highest BCUT2D eigenvalue weighted by atomic mass is 35.5. The third-order valence-corrected chi connectivity index (χ3v) is 1.87. The number of halogens is 1. The van der Waals surface area contributed by atoms with Crippen LogP contribution in [0, 0.1) is 0 Å². The molecule has 0 atom stereocenters. The SMILES string of the molecule is C=C1CN(C(=O)NC(=O)CCCl)C1. The maximum absolute atomic E-state index is 11.2. The van der Waals surface area contributed by atoms with Gasteiger partial charge in [0.1, 0.15) is 0 Å². The molecule has 1 aliphatic heterocycles. The molecule has 1 aliphatic rings. The second kappa shape index (κ2) is 4.28. The predicted molar refractivity (Wildman–Crippen MR) is 49.6 cm³/mol. The molecule has 0 unspecified atom stereocenters. The Bertz CT molecular complexity index is 245. The molecule has 1 heterocycles. The van der Waals surface area contributed by atoms with E-state index < -0.39 is 0 Å². The molecule has 0 bridgehead atoms. The zero-order valence-corrected chi connectivity index (χ0v) is 7.93. The molecular weight excluding hydrogens is 192 g/mol. The Morgan fingerprint density at radius 1 is 1.54 bits per heavy atom. The van der Waals surface area contributed by atoms with Gasteiger partial charge in [0.05, 0.1) is 0 Å². The van der Waals surface area contributed by atoms with Crippen molar-refractivity contribution < 1.29 is 9.59 Å². The molecule has 0 aliphatic carbocycles. The molecule has 3 amide bonds. The molecule has 0 saturated carbocycles. The fraction of sp³-hybridized carbons (Fsp3) is 0.500. The van der Waals surface area contributed by atoms with Gasteiger partial charge in [0.15, 0.2) is 0 Å². The average Bonchev–Trinajstić information content (AvgIpc) is 1.99. The number of urea groups is 1. The van der Waals surface area contributed by atoms with Crippen molar-refractivity contribution in [2.75, 3.05) is 19.0 Å². The number of amides is 3. The largest absolute Gasteiger partial charge is 0.324 e. The molecule has 0 aromatic carbocycles. The summed E-state index contributed by atoms with van der Waals surface area (Å²) in [7, 11) is 0. The highest BCUT2D eigenvalue weighted by Gasteiger charge is 2.24. The van der Waals surface area contributed by atoms with Crippen LogP contribution in [0.25, 0.3) is 0 Å². The van der Waals surface area contributed by atoms with E-state index in [4.69, 9.17) is 11.6 Å². The van der Waals surface area contributed by atoms with E-state index in [1.165, 1.54) is 4.90 Å². The van der Waals surface area contributed by atoms with Crippen LogP contribution in [0.4, 0.5) is 4.79 Å². The topological polar surface area (TPSA) is 49.4 Å². The van der Waals surface area contributed by atoms with Crippen molar-refractivity contribution >= 4 is 23.5 Å². The van der Waals surface area contributed by atoms with Crippen LogP contribution < -0.4 is 5.32 Å². The van der Waals surface area contributed by atoms with Crippen molar-refractivity contribution in [2.45, 2.75) is 6.42 Å². The molecule has 0 aromatic rings. The van der Waals surface area contributed by atoms with Gasteiger partial charge in [0.25, 0.3) is 0 Å². The highest BCUT2D eigenvalue weighted by Crippen LogP contribution is 2.10. The monoisotopic (exact) mass is 202 g/mol.